The van der Waals surface area contributed by atoms with Crippen LogP contribution in [-0.2, 0) is 4.79 Å². The summed E-state index contributed by atoms with van der Waals surface area (Å²) in [7, 11) is 0. The van der Waals surface area contributed by atoms with E-state index in [1.165, 1.54) is 11.1 Å². The molecular weight excluding hydrogens is 160 g/mol. The summed E-state index contributed by atoms with van der Waals surface area (Å²) in [6, 6.07) is 0. The number of hydrogen-bond acceptors (Lipinski definition) is 1. The van der Waals surface area contributed by atoms with Crippen LogP contribution < -0.4 is 0 Å². The Kier molecular flexibility index (Phi) is 0.961. The molecule has 1 nitrogen and oxygen atoms in total. The normalized spacial score (nSPS) is 26.8. The standard InChI is InChI=1S/C12H10O/c1-12(2)9-6-10(13)11(12)8-5-3-4-7(8)9/h3-6H,1-2H3. The van der Waals surface area contributed by atoms with Gasteiger partial charge >= 0.3 is 0 Å². The van der Waals surface area contributed by atoms with Crippen molar-refractivity contribution in [3.63, 3.8) is 0 Å². The molecule has 0 fully saturated rings. The van der Waals surface area contributed by atoms with E-state index in [1.54, 1.807) is 6.08 Å². The van der Waals surface area contributed by atoms with Gasteiger partial charge in [0.25, 0.3) is 0 Å². The van der Waals surface area contributed by atoms with Crippen LogP contribution in [0.25, 0.3) is 0 Å². The van der Waals surface area contributed by atoms with Gasteiger partial charge in [-0.25, -0.2) is 0 Å². The topological polar surface area (TPSA) is 17.1 Å². The first-order valence-corrected chi connectivity index (χ1v) is 4.53. The summed E-state index contributed by atoms with van der Waals surface area (Å²) >= 11 is 0. The van der Waals surface area contributed by atoms with Crippen LogP contribution >= 0.6 is 0 Å². The second-order valence-corrected chi connectivity index (χ2v) is 4.28. The molecule has 0 atom stereocenters. The molecule has 13 heavy (non-hydrogen) atoms. The van der Waals surface area contributed by atoms with Crippen molar-refractivity contribution in [2.45, 2.75) is 13.8 Å². The molecule has 64 valence electrons. The Balaban J connectivity index is 2.40. The lowest BCUT2D eigenvalue weighted by atomic mass is 9.85. The smallest absolute Gasteiger partial charge is 0.183 e. The van der Waals surface area contributed by atoms with Crippen molar-refractivity contribution in [2.75, 3.05) is 0 Å². The fourth-order valence-electron chi connectivity index (χ4n) is 2.58. The highest BCUT2D eigenvalue weighted by atomic mass is 16.1. The highest BCUT2D eigenvalue weighted by Gasteiger charge is 2.47. The predicted octanol–water partition coefficient (Wildman–Crippen LogP) is 2.33. The number of carbonyl (C=O) groups excluding carboxylic acids is 1. The monoisotopic (exact) mass is 170 g/mol. The summed E-state index contributed by atoms with van der Waals surface area (Å²) in [4.78, 5) is 11.6. The van der Waals surface area contributed by atoms with Gasteiger partial charge in [-0.15, -0.1) is 0 Å². The molecule has 2 bridgehead atoms. The summed E-state index contributed by atoms with van der Waals surface area (Å²) in [5.41, 5.74) is 4.57. The summed E-state index contributed by atoms with van der Waals surface area (Å²) in [6.45, 7) is 4.25. The van der Waals surface area contributed by atoms with E-state index in [2.05, 4.69) is 19.9 Å². The lowest BCUT2D eigenvalue weighted by molar-refractivity contribution is -0.111. The predicted molar refractivity (Wildman–Crippen MR) is 51.1 cm³/mol. The number of carbonyl (C=O) groups is 1. The lowest BCUT2D eigenvalue weighted by Crippen LogP contribution is -2.11. The molecule has 0 heterocycles. The van der Waals surface area contributed by atoms with Crippen LogP contribution in [0.5, 0.6) is 0 Å². The zero-order valence-corrected chi connectivity index (χ0v) is 7.72. The number of rotatable bonds is 0. The third-order valence-electron chi connectivity index (χ3n) is 3.20. The molecule has 3 aliphatic carbocycles. The summed E-state index contributed by atoms with van der Waals surface area (Å²) in [5, 5.41) is 0. The fourth-order valence-corrected chi connectivity index (χ4v) is 2.58. The Hall–Kier alpha value is -1.37. The van der Waals surface area contributed by atoms with Gasteiger partial charge in [0.2, 0.25) is 0 Å². The number of allylic oxidation sites excluding steroid dienone is 8. The molecule has 0 aromatic heterocycles. The maximum Gasteiger partial charge on any atom is 0.183 e. The summed E-state index contributed by atoms with van der Waals surface area (Å²) in [6.07, 6.45) is 7.96. The molecule has 3 aliphatic rings. The highest BCUT2D eigenvalue weighted by molar-refractivity contribution is 6.14. The highest BCUT2D eigenvalue weighted by Crippen LogP contribution is 2.55. The first-order valence-electron chi connectivity index (χ1n) is 4.53. The van der Waals surface area contributed by atoms with Crippen LogP contribution in [-0.4, -0.2) is 5.78 Å². The second kappa shape index (κ2) is 1.77. The molecule has 1 heteroatoms. The molecule has 0 saturated carbocycles. The minimum atomic E-state index is -0.0387. The van der Waals surface area contributed by atoms with E-state index >= 15 is 0 Å². The molecule has 0 spiro atoms. The minimum Gasteiger partial charge on any atom is -0.290 e. The van der Waals surface area contributed by atoms with E-state index in [0.717, 1.165) is 11.1 Å². The number of ketones is 1. The molecule has 0 aromatic rings. The van der Waals surface area contributed by atoms with E-state index in [-0.39, 0.29) is 11.2 Å². The van der Waals surface area contributed by atoms with Crippen LogP contribution in [0.2, 0.25) is 0 Å². The van der Waals surface area contributed by atoms with Crippen LogP contribution in [0, 0.1) is 5.41 Å². The van der Waals surface area contributed by atoms with Gasteiger partial charge in [0.05, 0.1) is 0 Å². The Morgan fingerprint density at radius 2 is 2.08 bits per heavy atom. The minimum absolute atomic E-state index is 0.0387. The Morgan fingerprint density at radius 3 is 2.85 bits per heavy atom. The van der Waals surface area contributed by atoms with E-state index in [9.17, 15) is 4.79 Å². The Labute approximate surface area is 77.1 Å². The second-order valence-electron chi connectivity index (χ2n) is 4.28. The number of hydrogen-bond donors (Lipinski definition) is 0. The van der Waals surface area contributed by atoms with E-state index < -0.39 is 0 Å². The zero-order valence-electron chi connectivity index (χ0n) is 7.72. The average Bonchev–Trinajstić information content (AvgIpc) is 2.60. The Bertz CT molecular complexity index is 454. The van der Waals surface area contributed by atoms with Gasteiger partial charge < -0.3 is 0 Å². The number of fused-ring (bicyclic) bond motifs is 4. The molecule has 0 N–H and O–H groups in total. The lowest BCUT2D eigenvalue weighted by Gasteiger charge is -2.16. The third-order valence-corrected chi connectivity index (χ3v) is 3.20. The quantitative estimate of drug-likeness (QED) is 0.545. The first-order chi connectivity index (χ1) is 6.12. The molecule has 0 aliphatic heterocycles. The van der Waals surface area contributed by atoms with E-state index in [4.69, 9.17) is 0 Å². The van der Waals surface area contributed by atoms with Gasteiger partial charge in [0.1, 0.15) is 0 Å². The van der Waals surface area contributed by atoms with Gasteiger partial charge in [0.15, 0.2) is 5.78 Å². The van der Waals surface area contributed by atoms with E-state index in [1.807, 2.05) is 12.2 Å². The van der Waals surface area contributed by atoms with Crippen molar-refractivity contribution in [2.24, 2.45) is 5.41 Å². The van der Waals surface area contributed by atoms with Gasteiger partial charge in [0, 0.05) is 11.0 Å². The largest absolute Gasteiger partial charge is 0.290 e. The van der Waals surface area contributed by atoms with Crippen molar-refractivity contribution < 1.29 is 4.79 Å². The van der Waals surface area contributed by atoms with Crippen LogP contribution in [0.4, 0.5) is 0 Å². The van der Waals surface area contributed by atoms with Crippen LogP contribution in [0.15, 0.2) is 46.6 Å². The molecule has 0 saturated heterocycles. The van der Waals surface area contributed by atoms with Gasteiger partial charge in [-0.3, -0.25) is 4.79 Å². The van der Waals surface area contributed by atoms with Gasteiger partial charge in [-0.1, -0.05) is 32.1 Å². The van der Waals surface area contributed by atoms with Gasteiger partial charge in [-0.2, -0.15) is 0 Å². The molecule has 0 unspecified atom stereocenters. The van der Waals surface area contributed by atoms with Crippen LogP contribution in [0.1, 0.15) is 13.8 Å². The average molecular weight is 170 g/mol. The van der Waals surface area contributed by atoms with Crippen molar-refractivity contribution in [3.05, 3.63) is 46.6 Å². The molecule has 0 amide bonds. The fraction of sp³-hybridized carbons (Fsp3) is 0.250. The van der Waals surface area contributed by atoms with Crippen molar-refractivity contribution in [1.82, 2.24) is 0 Å². The van der Waals surface area contributed by atoms with Crippen molar-refractivity contribution in [3.8, 4) is 0 Å². The van der Waals surface area contributed by atoms with Gasteiger partial charge in [-0.05, 0) is 22.8 Å². The zero-order chi connectivity index (χ0) is 9.22. The molecule has 0 aromatic carbocycles. The summed E-state index contributed by atoms with van der Waals surface area (Å²) in [5.74, 6) is 0.207. The molecule has 3 rings (SSSR count). The SMILES string of the molecule is CC1(C)C2=CC(=O)C1=C1C=CC=C21. The summed E-state index contributed by atoms with van der Waals surface area (Å²) < 4.78 is 0. The van der Waals surface area contributed by atoms with Crippen LogP contribution in [0.3, 0.4) is 0 Å². The van der Waals surface area contributed by atoms with E-state index in [0.29, 0.717) is 0 Å². The maximum absolute atomic E-state index is 11.6. The van der Waals surface area contributed by atoms with Crippen molar-refractivity contribution >= 4 is 5.78 Å². The van der Waals surface area contributed by atoms with Crippen molar-refractivity contribution in [1.29, 1.82) is 0 Å². The molecule has 0 radical (unpaired) electrons. The first kappa shape index (κ1) is 7.07. The Morgan fingerprint density at radius 1 is 1.31 bits per heavy atom. The third kappa shape index (κ3) is 0.590. The maximum atomic E-state index is 11.6. The molecular formula is C12H10O.